The molecule has 2 aliphatic rings. The Hall–Kier alpha value is -0.0400. The molecule has 1 heterocycles. The Balaban J connectivity index is 1.93. The van der Waals surface area contributed by atoms with Crippen LogP contribution >= 0.6 is 0 Å². The molecule has 0 amide bonds. The smallest absolute Gasteiger partial charge is 0.0164 e. The molecule has 0 spiro atoms. The largest absolute Gasteiger partial charge is 0.241 e. The molecule has 0 bridgehead atoms. The van der Waals surface area contributed by atoms with Gasteiger partial charge in [-0.25, -0.2) is 5.32 Å². The summed E-state index contributed by atoms with van der Waals surface area (Å²) in [6.07, 6.45) is 7.32. The number of hydrogen-bond donors (Lipinski definition) is 0. The second-order valence-corrected chi connectivity index (χ2v) is 3.72. The van der Waals surface area contributed by atoms with Crippen molar-refractivity contribution in [3.63, 3.8) is 0 Å². The van der Waals surface area contributed by atoms with E-state index in [4.69, 9.17) is 0 Å². The van der Waals surface area contributed by atoms with Crippen LogP contribution in [-0.2, 0) is 0 Å². The third kappa shape index (κ3) is 1.20. The first-order valence-electron chi connectivity index (χ1n) is 4.60. The van der Waals surface area contributed by atoms with E-state index in [1.165, 1.54) is 38.6 Å². The SMILES string of the molecule is C1CCC2C[N]CCC2C1. The van der Waals surface area contributed by atoms with Crippen LogP contribution < -0.4 is 5.32 Å². The molecule has 2 rings (SSSR count). The molecule has 1 aliphatic heterocycles. The summed E-state index contributed by atoms with van der Waals surface area (Å²) in [7, 11) is 0. The van der Waals surface area contributed by atoms with Crippen molar-refractivity contribution in [3.8, 4) is 0 Å². The van der Waals surface area contributed by atoms with Gasteiger partial charge in [-0.3, -0.25) is 0 Å². The van der Waals surface area contributed by atoms with Crippen molar-refractivity contribution in [1.82, 2.24) is 5.32 Å². The van der Waals surface area contributed by atoms with E-state index in [-0.39, 0.29) is 0 Å². The predicted octanol–water partition coefficient (Wildman–Crippen LogP) is 1.80. The molecule has 1 heteroatoms. The number of hydrogen-bond acceptors (Lipinski definition) is 0. The lowest BCUT2D eigenvalue weighted by atomic mass is 9.76. The fourth-order valence-electron chi connectivity index (χ4n) is 2.42. The lowest BCUT2D eigenvalue weighted by molar-refractivity contribution is 0.183. The minimum Gasteiger partial charge on any atom is -0.241 e. The van der Waals surface area contributed by atoms with Crippen LogP contribution in [0.25, 0.3) is 0 Å². The van der Waals surface area contributed by atoms with Gasteiger partial charge in [-0.2, -0.15) is 0 Å². The quantitative estimate of drug-likeness (QED) is 0.484. The predicted molar refractivity (Wildman–Crippen MR) is 41.9 cm³/mol. The standard InChI is InChI=1S/C9H16N/c1-2-4-9-7-10-6-5-8(9)3-1/h8-9H,1-7H2. The summed E-state index contributed by atoms with van der Waals surface area (Å²) >= 11 is 0. The maximum Gasteiger partial charge on any atom is 0.0164 e. The first-order chi connectivity index (χ1) is 4.97. The number of nitrogens with zero attached hydrogens (tertiary/aromatic N) is 1. The third-order valence-corrected chi connectivity index (χ3v) is 3.09. The lowest BCUT2D eigenvalue weighted by Crippen LogP contribution is -2.34. The number of rotatable bonds is 0. The number of fused-ring (bicyclic) bond motifs is 1. The molecule has 10 heavy (non-hydrogen) atoms. The van der Waals surface area contributed by atoms with Gasteiger partial charge in [0.25, 0.3) is 0 Å². The van der Waals surface area contributed by atoms with Crippen LogP contribution in [0.3, 0.4) is 0 Å². The minimum atomic E-state index is 0.988. The Morgan fingerprint density at radius 2 is 1.70 bits per heavy atom. The van der Waals surface area contributed by atoms with Crippen LogP contribution in [0.1, 0.15) is 32.1 Å². The van der Waals surface area contributed by atoms with Crippen molar-refractivity contribution in [2.24, 2.45) is 11.8 Å². The van der Waals surface area contributed by atoms with E-state index < -0.39 is 0 Å². The summed E-state index contributed by atoms with van der Waals surface area (Å²) in [6.45, 7) is 2.34. The van der Waals surface area contributed by atoms with Crippen LogP contribution in [0, 0.1) is 11.8 Å². The molecule has 1 saturated carbocycles. The van der Waals surface area contributed by atoms with Crippen molar-refractivity contribution in [3.05, 3.63) is 0 Å². The van der Waals surface area contributed by atoms with Crippen molar-refractivity contribution >= 4 is 0 Å². The normalized spacial score (nSPS) is 40.8. The van der Waals surface area contributed by atoms with Gasteiger partial charge in [0, 0.05) is 13.1 Å². The molecule has 2 fully saturated rings. The molecule has 2 atom stereocenters. The van der Waals surface area contributed by atoms with Gasteiger partial charge in [0.05, 0.1) is 0 Å². The zero-order valence-electron chi connectivity index (χ0n) is 6.55. The molecule has 57 valence electrons. The van der Waals surface area contributed by atoms with E-state index in [1.807, 2.05) is 0 Å². The summed E-state index contributed by atoms with van der Waals surface area (Å²) in [5.74, 6) is 2.05. The highest BCUT2D eigenvalue weighted by Gasteiger charge is 2.27. The monoisotopic (exact) mass is 138 g/mol. The Kier molecular flexibility index (Phi) is 1.94. The zero-order valence-corrected chi connectivity index (χ0v) is 6.55. The minimum absolute atomic E-state index is 0.988. The molecule has 1 nitrogen and oxygen atoms in total. The van der Waals surface area contributed by atoms with Gasteiger partial charge in [-0.05, 0) is 24.7 Å². The van der Waals surface area contributed by atoms with Crippen LogP contribution in [0.5, 0.6) is 0 Å². The topological polar surface area (TPSA) is 14.1 Å². The van der Waals surface area contributed by atoms with Gasteiger partial charge in [-0.1, -0.05) is 19.3 Å². The molecule has 1 aliphatic carbocycles. The highest BCUT2D eigenvalue weighted by Crippen LogP contribution is 2.33. The van der Waals surface area contributed by atoms with Crippen LogP contribution in [0.2, 0.25) is 0 Å². The summed E-state index contributed by atoms with van der Waals surface area (Å²) in [6, 6.07) is 0. The Morgan fingerprint density at radius 1 is 0.900 bits per heavy atom. The fraction of sp³-hybridized carbons (Fsp3) is 1.00. The third-order valence-electron chi connectivity index (χ3n) is 3.09. The Bertz CT molecular complexity index is 85.3. The molecular weight excluding hydrogens is 122 g/mol. The molecule has 1 radical (unpaired) electrons. The van der Waals surface area contributed by atoms with Crippen molar-refractivity contribution in [2.75, 3.05) is 13.1 Å². The van der Waals surface area contributed by atoms with Crippen molar-refractivity contribution in [1.29, 1.82) is 0 Å². The van der Waals surface area contributed by atoms with E-state index in [9.17, 15) is 0 Å². The summed E-state index contributed by atoms with van der Waals surface area (Å²) in [5.41, 5.74) is 0. The highest BCUT2D eigenvalue weighted by atomic mass is 14.9. The summed E-state index contributed by atoms with van der Waals surface area (Å²) in [4.78, 5) is 0. The van der Waals surface area contributed by atoms with Gasteiger partial charge in [0.15, 0.2) is 0 Å². The van der Waals surface area contributed by atoms with Gasteiger partial charge in [0.1, 0.15) is 0 Å². The molecule has 0 aromatic heterocycles. The van der Waals surface area contributed by atoms with E-state index >= 15 is 0 Å². The van der Waals surface area contributed by atoms with Gasteiger partial charge in [-0.15, -0.1) is 0 Å². The van der Waals surface area contributed by atoms with E-state index in [0.717, 1.165) is 18.4 Å². The summed E-state index contributed by atoms with van der Waals surface area (Å²) < 4.78 is 0. The average molecular weight is 138 g/mol. The Labute approximate surface area is 63.2 Å². The molecule has 1 saturated heterocycles. The van der Waals surface area contributed by atoms with Gasteiger partial charge < -0.3 is 0 Å². The highest BCUT2D eigenvalue weighted by molar-refractivity contribution is 4.80. The lowest BCUT2D eigenvalue weighted by Gasteiger charge is -2.34. The van der Waals surface area contributed by atoms with Crippen molar-refractivity contribution < 1.29 is 0 Å². The Morgan fingerprint density at radius 3 is 2.50 bits per heavy atom. The second kappa shape index (κ2) is 2.91. The van der Waals surface area contributed by atoms with Gasteiger partial charge in [0.2, 0.25) is 0 Å². The van der Waals surface area contributed by atoms with E-state index in [0.29, 0.717) is 0 Å². The van der Waals surface area contributed by atoms with Crippen LogP contribution in [0.15, 0.2) is 0 Å². The van der Waals surface area contributed by atoms with Crippen LogP contribution in [0.4, 0.5) is 0 Å². The van der Waals surface area contributed by atoms with Gasteiger partial charge >= 0.3 is 0 Å². The fourth-order valence-corrected chi connectivity index (χ4v) is 2.42. The second-order valence-electron chi connectivity index (χ2n) is 3.72. The molecular formula is C9H16N. The average Bonchev–Trinajstić information content (AvgIpc) is 2.05. The number of piperidine rings is 1. The molecule has 0 aromatic carbocycles. The zero-order chi connectivity index (χ0) is 6.81. The molecule has 0 N–H and O–H groups in total. The first kappa shape index (κ1) is 6.66. The summed E-state index contributed by atoms with van der Waals surface area (Å²) in [5, 5.41) is 4.46. The van der Waals surface area contributed by atoms with E-state index in [1.54, 1.807) is 0 Å². The van der Waals surface area contributed by atoms with Crippen LogP contribution in [-0.4, -0.2) is 13.1 Å². The van der Waals surface area contributed by atoms with E-state index in [2.05, 4.69) is 5.32 Å². The first-order valence-corrected chi connectivity index (χ1v) is 4.60. The molecule has 2 unspecified atom stereocenters. The maximum atomic E-state index is 4.46. The van der Waals surface area contributed by atoms with Crippen molar-refractivity contribution in [2.45, 2.75) is 32.1 Å². The maximum absolute atomic E-state index is 4.46. The molecule has 0 aromatic rings.